The van der Waals surface area contributed by atoms with Gasteiger partial charge in [0.15, 0.2) is 0 Å². The van der Waals surface area contributed by atoms with Crippen molar-refractivity contribution in [1.29, 1.82) is 0 Å². The van der Waals surface area contributed by atoms with Crippen LogP contribution in [0.25, 0.3) is 0 Å². The molecule has 10 heteroatoms. The van der Waals surface area contributed by atoms with Gasteiger partial charge in [0, 0.05) is 57.7 Å². The zero-order valence-corrected chi connectivity index (χ0v) is 21.8. The van der Waals surface area contributed by atoms with E-state index in [1.165, 1.54) is 29.2 Å². The van der Waals surface area contributed by atoms with Gasteiger partial charge in [0.1, 0.15) is 12.4 Å². The number of ether oxygens (including phenoxy) is 3. The molecule has 0 aliphatic carbocycles. The largest absolute Gasteiger partial charge is 0.491 e. The van der Waals surface area contributed by atoms with Crippen molar-refractivity contribution in [2.24, 2.45) is 5.41 Å². The topological polar surface area (TPSA) is 77.1 Å². The van der Waals surface area contributed by atoms with Gasteiger partial charge in [0.25, 0.3) is 11.5 Å². The number of hydrogen-bond acceptors (Lipinski definition) is 5. The molecular formula is C29H33F3N2O5. The summed E-state index contributed by atoms with van der Waals surface area (Å²) in [5.41, 5.74) is -2.94. The van der Waals surface area contributed by atoms with Gasteiger partial charge in [-0.2, -0.15) is 13.2 Å². The zero-order chi connectivity index (χ0) is 27.7. The molecule has 2 aromatic rings. The van der Waals surface area contributed by atoms with Gasteiger partial charge in [-0.05, 0) is 29.9 Å². The minimum atomic E-state index is -4.97. The number of para-hydroxylation sites is 1. The fourth-order valence-corrected chi connectivity index (χ4v) is 6.18. The maximum absolute atomic E-state index is 14.5. The quantitative estimate of drug-likeness (QED) is 0.564. The van der Waals surface area contributed by atoms with E-state index in [-0.39, 0.29) is 43.0 Å². The molecule has 0 radical (unpaired) electrons. The van der Waals surface area contributed by atoms with E-state index in [4.69, 9.17) is 14.2 Å². The van der Waals surface area contributed by atoms with Crippen LogP contribution in [-0.2, 0) is 24.7 Å². The Hall–Kier alpha value is -3.11. The maximum Gasteiger partial charge on any atom is 0.430 e. The highest BCUT2D eigenvalue weighted by atomic mass is 19.4. The number of amides is 2. The standard InChI is InChI=1S/C29H33F3N2O5/c1-37-28(29(30,31)32,20-7-3-2-4-8-20)26(36)34-14-12-27(13-15-34)17-25(35)33-18-23(27)22-9-5-6-10-24(22)39-19-21-11-16-38-21/h2-10,21,23H,11-19H2,1H3,(H,33,35)/t21-,23+,28-/m1/s1. The molecule has 210 valence electrons. The van der Waals surface area contributed by atoms with Gasteiger partial charge in [-0.3, -0.25) is 9.59 Å². The van der Waals surface area contributed by atoms with E-state index in [2.05, 4.69) is 5.32 Å². The van der Waals surface area contributed by atoms with E-state index in [0.29, 0.717) is 31.7 Å². The molecule has 3 heterocycles. The van der Waals surface area contributed by atoms with Crippen molar-refractivity contribution in [3.8, 4) is 5.75 Å². The monoisotopic (exact) mass is 546 g/mol. The van der Waals surface area contributed by atoms with Gasteiger partial charge in [-0.1, -0.05) is 48.5 Å². The number of halogens is 3. The van der Waals surface area contributed by atoms with Gasteiger partial charge < -0.3 is 24.4 Å². The van der Waals surface area contributed by atoms with E-state index in [1.807, 2.05) is 24.3 Å². The highest BCUT2D eigenvalue weighted by molar-refractivity contribution is 5.88. The lowest BCUT2D eigenvalue weighted by Crippen LogP contribution is -2.60. The first-order chi connectivity index (χ1) is 18.7. The van der Waals surface area contributed by atoms with Crippen LogP contribution in [0.2, 0.25) is 0 Å². The molecule has 0 saturated carbocycles. The Kier molecular flexibility index (Phi) is 7.61. The molecule has 3 atom stereocenters. The van der Waals surface area contributed by atoms with E-state index in [0.717, 1.165) is 25.7 Å². The Morgan fingerprint density at radius 2 is 1.77 bits per heavy atom. The van der Waals surface area contributed by atoms with E-state index in [9.17, 15) is 22.8 Å². The Labute approximate surface area is 225 Å². The third-order valence-corrected chi connectivity index (χ3v) is 8.50. The third kappa shape index (κ3) is 5.00. The summed E-state index contributed by atoms with van der Waals surface area (Å²) in [6.45, 7) is 1.71. The number of benzene rings is 2. The molecule has 0 unspecified atom stereocenters. The number of rotatable bonds is 7. The molecule has 3 aliphatic heterocycles. The lowest BCUT2D eigenvalue weighted by Gasteiger charge is -2.50. The number of likely N-dealkylation sites (tertiary alicyclic amines) is 1. The number of nitrogens with one attached hydrogen (secondary N) is 1. The van der Waals surface area contributed by atoms with Crippen LogP contribution in [0, 0.1) is 5.41 Å². The van der Waals surface area contributed by atoms with Crippen LogP contribution in [0.5, 0.6) is 5.75 Å². The van der Waals surface area contributed by atoms with Crippen LogP contribution >= 0.6 is 0 Å². The molecule has 0 bridgehead atoms. The first-order valence-electron chi connectivity index (χ1n) is 13.3. The number of alkyl halides is 3. The summed E-state index contributed by atoms with van der Waals surface area (Å²) >= 11 is 0. The zero-order valence-electron chi connectivity index (χ0n) is 21.8. The van der Waals surface area contributed by atoms with Crippen molar-refractivity contribution >= 4 is 11.8 Å². The van der Waals surface area contributed by atoms with Gasteiger partial charge in [0.05, 0.1) is 6.10 Å². The second kappa shape index (κ2) is 10.8. The van der Waals surface area contributed by atoms with E-state index in [1.54, 1.807) is 6.07 Å². The number of carbonyl (C=O) groups is 2. The lowest BCUT2D eigenvalue weighted by atomic mass is 9.62. The molecule has 3 aliphatic rings. The molecule has 5 rings (SSSR count). The second-order valence-electron chi connectivity index (χ2n) is 10.6. The molecule has 7 nitrogen and oxygen atoms in total. The summed E-state index contributed by atoms with van der Waals surface area (Å²) in [7, 11) is 0.914. The SMILES string of the molecule is CO[C@@](C(=O)N1CCC2(CC1)CC(=O)NC[C@H]2c1ccccc1OC[C@H]1CCO1)(c1ccccc1)C(F)(F)F. The van der Waals surface area contributed by atoms with Crippen LogP contribution in [0.3, 0.4) is 0 Å². The molecule has 1 N–H and O–H groups in total. The van der Waals surface area contributed by atoms with Crippen LogP contribution < -0.4 is 10.1 Å². The van der Waals surface area contributed by atoms with Crippen LogP contribution in [0.1, 0.15) is 42.7 Å². The van der Waals surface area contributed by atoms with Crippen molar-refractivity contribution < 1.29 is 37.0 Å². The van der Waals surface area contributed by atoms with Crippen molar-refractivity contribution in [3.63, 3.8) is 0 Å². The minimum absolute atomic E-state index is 0.0617. The normalized spacial score (nSPS) is 24.4. The van der Waals surface area contributed by atoms with Crippen molar-refractivity contribution in [1.82, 2.24) is 10.2 Å². The number of methoxy groups -OCH3 is 1. The predicted molar refractivity (Wildman–Crippen MR) is 136 cm³/mol. The van der Waals surface area contributed by atoms with E-state index < -0.39 is 23.1 Å². The minimum Gasteiger partial charge on any atom is -0.491 e. The van der Waals surface area contributed by atoms with Crippen molar-refractivity contribution in [2.75, 3.05) is 40.0 Å². The van der Waals surface area contributed by atoms with Crippen LogP contribution in [0.4, 0.5) is 13.2 Å². The Morgan fingerprint density at radius 3 is 2.38 bits per heavy atom. The summed E-state index contributed by atoms with van der Waals surface area (Å²) < 4.78 is 60.1. The Balaban J connectivity index is 1.39. The highest BCUT2D eigenvalue weighted by Crippen LogP contribution is 2.52. The molecule has 2 aromatic carbocycles. The average Bonchev–Trinajstić information content (AvgIpc) is 2.89. The van der Waals surface area contributed by atoms with Crippen molar-refractivity contribution in [3.05, 3.63) is 65.7 Å². The highest BCUT2D eigenvalue weighted by Gasteiger charge is 2.64. The molecule has 3 fully saturated rings. The molecule has 39 heavy (non-hydrogen) atoms. The summed E-state index contributed by atoms with van der Waals surface area (Å²) in [5, 5.41) is 2.96. The van der Waals surface area contributed by atoms with Gasteiger partial charge in [-0.25, -0.2) is 0 Å². The molecule has 2 amide bonds. The predicted octanol–water partition coefficient (Wildman–Crippen LogP) is 4.17. The fourth-order valence-electron chi connectivity index (χ4n) is 6.18. The number of piperidine rings is 2. The first-order valence-corrected chi connectivity index (χ1v) is 13.3. The van der Waals surface area contributed by atoms with Crippen LogP contribution in [0.15, 0.2) is 54.6 Å². The van der Waals surface area contributed by atoms with E-state index >= 15 is 0 Å². The molecule has 1 spiro atoms. The third-order valence-electron chi connectivity index (χ3n) is 8.50. The first kappa shape index (κ1) is 27.5. The van der Waals surface area contributed by atoms with Crippen LogP contribution in [-0.4, -0.2) is 69.0 Å². The maximum atomic E-state index is 14.5. The van der Waals surface area contributed by atoms with Gasteiger partial charge >= 0.3 is 6.18 Å². The molecule has 0 aromatic heterocycles. The Bertz CT molecular complexity index is 1180. The summed E-state index contributed by atoms with van der Waals surface area (Å²) in [4.78, 5) is 27.4. The Morgan fingerprint density at radius 1 is 1.10 bits per heavy atom. The number of carbonyl (C=O) groups excluding carboxylic acids is 2. The summed E-state index contributed by atoms with van der Waals surface area (Å²) in [5.74, 6) is -0.640. The molecular weight excluding hydrogens is 513 g/mol. The number of hydrogen-bond donors (Lipinski definition) is 1. The number of nitrogens with zero attached hydrogens (tertiary/aromatic N) is 1. The van der Waals surface area contributed by atoms with Gasteiger partial charge in [-0.15, -0.1) is 0 Å². The summed E-state index contributed by atoms with van der Waals surface area (Å²) in [6, 6.07) is 14.7. The lowest BCUT2D eigenvalue weighted by molar-refractivity contribution is -0.271. The molecule has 3 saturated heterocycles. The second-order valence-corrected chi connectivity index (χ2v) is 10.6. The smallest absolute Gasteiger partial charge is 0.430 e. The fraction of sp³-hybridized carbons (Fsp3) is 0.517. The average molecular weight is 547 g/mol. The van der Waals surface area contributed by atoms with Gasteiger partial charge in [0.2, 0.25) is 5.91 Å². The summed E-state index contributed by atoms with van der Waals surface area (Å²) in [6.07, 6.45) is -2.98. The van der Waals surface area contributed by atoms with Crippen molar-refractivity contribution in [2.45, 2.75) is 49.5 Å².